The number of aliphatic hydroxyl groups excluding tert-OH is 1. The Morgan fingerprint density at radius 3 is 2.76 bits per heavy atom. The summed E-state index contributed by atoms with van der Waals surface area (Å²) in [4.78, 5) is 9.38. The molecule has 1 saturated heterocycles. The molecule has 3 atom stereocenters. The lowest BCUT2D eigenvalue weighted by Crippen LogP contribution is -2.48. The molecule has 2 aromatic carbocycles. The number of anilines is 1. The molecular weight excluding hydrogens is 511 g/mol. The molecule has 1 aliphatic carbocycles. The summed E-state index contributed by atoms with van der Waals surface area (Å²) in [5.74, 6) is 1.69. The number of nitrogen functional groups attached to an aromatic ring is 1. The third-order valence-electron chi connectivity index (χ3n) is 7.80. The second kappa shape index (κ2) is 9.72. The lowest BCUT2D eigenvalue weighted by atomic mass is 9.68. The predicted molar refractivity (Wildman–Crippen MR) is 141 cm³/mol. The minimum absolute atomic E-state index is 0.0233. The van der Waals surface area contributed by atoms with Crippen molar-refractivity contribution in [1.82, 2.24) is 14.4 Å². The number of aromatic nitrogens is 3. The summed E-state index contributed by atoms with van der Waals surface area (Å²) in [6, 6.07) is 12.0. The van der Waals surface area contributed by atoms with Crippen molar-refractivity contribution in [2.75, 3.05) is 26.1 Å². The van der Waals surface area contributed by atoms with Crippen LogP contribution in [0, 0.1) is 11.7 Å². The molecule has 8 nitrogen and oxygen atoms in total. The van der Waals surface area contributed by atoms with E-state index in [4.69, 9.17) is 36.5 Å². The maximum atomic E-state index is 14.6. The zero-order valence-electron chi connectivity index (χ0n) is 20.9. The average Bonchev–Trinajstić information content (AvgIpc) is 3.34. The SMILES string of the molecule is COc1cccc(Oc2ccc(-c3nc(C4CCC5(CO)CC4CCO5)n4c(Cl)cnc(N)c34)cc2)c1F. The van der Waals surface area contributed by atoms with Crippen LogP contribution in [0.15, 0.2) is 48.7 Å². The maximum Gasteiger partial charge on any atom is 0.207 e. The summed E-state index contributed by atoms with van der Waals surface area (Å²) >= 11 is 6.67. The van der Waals surface area contributed by atoms with E-state index in [1.165, 1.54) is 13.2 Å². The maximum absolute atomic E-state index is 14.6. The molecule has 38 heavy (non-hydrogen) atoms. The Morgan fingerprint density at radius 2 is 2.00 bits per heavy atom. The monoisotopic (exact) mass is 538 g/mol. The molecule has 4 aromatic rings. The number of halogens is 2. The Hall–Kier alpha value is -3.40. The summed E-state index contributed by atoms with van der Waals surface area (Å²) < 4.78 is 33.2. The van der Waals surface area contributed by atoms with E-state index in [0.29, 0.717) is 40.5 Å². The number of nitrogens with two attached hydrogens (primary N) is 1. The molecule has 6 rings (SSSR count). The summed E-state index contributed by atoms with van der Waals surface area (Å²) in [6.07, 6.45) is 4.79. The molecule has 1 aliphatic heterocycles. The number of fused-ring (bicyclic) bond motifs is 3. The van der Waals surface area contributed by atoms with Crippen molar-refractivity contribution in [1.29, 1.82) is 0 Å². The van der Waals surface area contributed by atoms with Crippen molar-refractivity contribution in [3.63, 3.8) is 0 Å². The molecule has 1 saturated carbocycles. The number of aliphatic hydroxyl groups is 1. The van der Waals surface area contributed by atoms with Gasteiger partial charge in [-0.1, -0.05) is 17.7 Å². The van der Waals surface area contributed by atoms with Crippen molar-refractivity contribution in [3.05, 3.63) is 65.5 Å². The van der Waals surface area contributed by atoms with Crippen molar-refractivity contribution < 1.29 is 23.7 Å². The molecule has 3 unspecified atom stereocenters. The summed E-state index contributed by atoms with van der Waals surface area (Å²) in [5.41, 5.74) is 8.01. The van der Waals surface area contributed by atoms with Gasteiger partial charge in [-0.2, -0.15) is 4.39 Å². The van der Waals surface area contributed by atoms with Crippen molar-refractivity contribution in [3.8, 4) is 28.5 Å². The van der Waals surface area contributed by atoms with Gasteiger partial charge in [0.15, 0.2) is 11.5 Å². The Kier molecular flexibility index (Phi) is 6.37. The fraction of sp³-hybridized carbons (Fsp3) is 0.357. The Balaban J connectivity index is 1.37. The highest BCUT2D eigenvalue weighted by Crippen LogP contribution is 2.49. The smallest absolute Gasteiger partial charge is 0.207 e. The number of nitrogens with zero attached hydrogens (tertiary/aromatic N) is 3. The molecule has 198 valence electrons. The molecule has 3 heterocycles. The number of hydrogen-bond acceptors (Lipinski definition) is 7. The van der Waals surface area contributed by atoms with Gasteiger partial charge in [-0.3, -0.25) is 4.40 Å². The summed E-state index contributed by atoms with van der Waals surface area (Å²) in [6.45, 7) is 0.639. The second-order valence-electron chi connectivity index (χ2n) is 9.96. The number of methoxy groups -OCH3 is 1. The van der Waals surface area contributed by atoms with E-state index < -0.39 is 11.4 Å². The lowest BCUT2D eigenvalue weighted by molar-refractivity contribution is -0.150. The van der Waals surface area contributed by atoms with Gasteiger partial charge in [0.1, 0.15) is 33.8 Å². The molecule has 2 fully saturated rings. The van der Waals surface area contributed by atoms with Crippen LogP contribution in [0.25, 0.3) is 16.8 Å². The predicted octanol–water partition coefficient (Wildman–Crippen LogP) is 5.61. The molecule has 0 amide bonds. The standard InChI is InChI=1S/C28H28ClFN4O4/c1-36-20-3-2-4-21(23(20)30)38-18-7-5-16(6-8-18)24-25-26(31)32-14-22(29)34(25)27(33-24)19-9-11-28(15-35)13-17(19)10-12-37-28/h2-8,14,17,19,35H,9-13,15H2,1H3,(H2,31,32). The molecule has 2 bridgehead atoms. The highest BCUT2D eigenvalue weighted by molar-refractivity contribution is 6.30. The van der Waals surface area contributed by atoms with Crippen LogP contribution in [0.2, 0.25) is 5.15 Å². The van der Waals surface area contributed by atoms with Gasteiger partial charge >= 0.3 is 0 Å². The minimum atomic E-state index is -0.567. The van der Waals surface area contributed by atoms with E-state index in [0.717, 1.165) is 37.1 Å². The van der Waals surface area contributed by atoms with E-state index >= 15 is 0 Å². The Morgan fingerprint density at radius 1 is 1.21 bits per heavy atom. The van der Waals surface area contributed by atoms with Gasteiger partial charge in [0, 0.05) is 18.1 Å². The van der Waals surface area contributed by atoms with E-state index in [2.05, 4.69) is 4.98 Å². The molecule has 2 aromatic heterocycles. The summed E-state index contributed by atoms with van der Waals surface area (Å²) in [5, 5.41) is 10.4. The number of ether oxygens (including phenoxy) is 3. The van der Waals surface area contributed by atoms with E-state index in [9.17, 15) is 9.50 Å². The van der Waals surface area contributed by atoms with Crippen LogP contribution in [0.3, 0.4) is 0 Å². The van der Waals surface area contributed by atoms with Crippen molar-refractivity contribution >= 4 is 22.9 Å². The number of benzene rings is 2. The molecular formula is C28H28ClFN4O4. The van der Waals surface area contributed by atoms with Gasteiger partial charge in [-0.15, -0.1) is 0 Å². The molecule has 10 heteroatoms. The highest BCUT2D eigenvalue weighted by Gasteiger charge is 2.46. The average molecular weight is 539 g/mol. The third kappa shape index (κ3) is 4.15. The van der Waals surface area contributed by atoms with Crippen LogP contribution in [-0.2, 0) is 4.74 Å². The molecule has 0 spiro atoms. The first-order valence-corrected chi connectivity index (χ1v) is 13.0. The van der Waals surface area contributed by atoms with Crippen LogP contribution < -0.4 is 15.2 Å². The molecule has 3 N–H and O–H groups in total. The van der Waals surface area contributed by atoms with Crippen molar-refractivity contribution in [2.24, 2.45) is 5.92 Å². The van der Waals surface area contributed by atoms with Gasteiger partial charge < -0.3 is 25.1 Å². The minimum Gasteiger partial charge on any atom is -0.494 e. The zero-order chi connectivity index (χ0) is 26.4. The van der Waals surface area contributed by atoms with Crippen molar-refractivity contribution in [2.45, 2.75) is 37.2 Å². The van der Waals surface area contributed by atoms with Gasteiger partial charge in [-0.05, 0) is 68.0 Å². The van der Waals surface area contributed by atoms with Gasteiger partial charge in [0.25, 0.3) is 0 Å². The van der Waals surface area contributed by atoms with Crippen LogP contribution in [-0.4, -0.2) is 45.4 Å². The topological polar surface area (TPSA) is 104 Å². The lowest BCUT2D eigenvalue weighted by Gasteiger charge is -2.47. The van der Waals surface area contributed by atoms with Gasteiger partial charge in [0.05, 0.1) is 25.5 Å². The van der Waals surface area contributed by atoms with Crippen LogP contribution in [0.5, 0.6) is 17.2 Å². The first kappa shape index (κ1) is 24.9. The molecule has 0 radical (unpaired) electrons. The Bertz CT molecular complexity index is 1490. The first-order chi connectivity index (χ1) is 18.4. The first-order valence-electron chi connectivity index (χ1n) is 12.6. The quantitative estimate of drug-likeness (QED) is 0.329. The largest absolute Gasteiger partial charge is 0.494 e. The number of hydrogen-bond donors (Lipinski definition) is 2. The van der Waals surface area contributed by atoms with Gasteiger partial charge in [0.2, 0.25) is 5.82 Å². The fourth-order valence-electron chi connectivity index (χ4n) is 5.88. The normalized spacial score (nSPS) is 22.9. The third-order valence-corrected chi connectivity index (χ3v) is 8.07. The second-order valence-corrected chi connectivity index (χ2v) is 10.3. The number of imidazole rings is 1. The number of rotatable bonds is 6. The highest BCUT2D eigenvalue weighted by atomic mass is 35.5. The van der Waals surface area contributed by atoms with E-state index in [-0.39, 0.29) is 24.0 Å². The van der Waals surface area contributed by atoms with Gasteiger partial charge in [-0.25, -0.2) is 9.97 Å². The van der Waals surface area contributed by atoms with Crippen LogP contribution in [0.4, 0.5) is 10.2 Å². The van der Waals surface area contributed by atoms with E-state index in [1.54, 1.807) is 30.5 Å². The van der Waals surface area contributed by atoms with Crippen LogP contribution in [0.1, 0.15) is 37.4 Å². The Labute approximate surface area is 224 Å². The van der Waals surface area contributed by atoms with E-state index in [1.807, 2.05) is 16.5 Å². The molecule has 2 aliphatic rings. The van der Waals surface area contributed by atoms with Crippen LogP contribution >= 0.6 is 11.6 Å². The summed E-state index contributed by atoms with van der Waals surface area (Å²) in [7, 11) is 1.41. The fourth-order valence-corrected chi connectivity index (χ4v) is 6.10. The zero-order valence-corrected chi connectivity index (χ0v) is 21.6.